The zero-order chi connectivity index (χ0) is 29.6. The van der Waals surface area contributed by atoms with Gasteiger partial charge in [0.25, 0.3) is 5.60 Å². The van der Waals surface area contributed by atoms with Crippen molar-refractivity contribution >= 4 is 29.1 Å². The lowest BCUT2D eigenvalue weighted by Gasteiger charge is -2.30. The van der Waals surface area contributed by atoms with E-state index in [2.05, 4.69) is 5.16 Å². The highest BCUT2D eigenvalue weighted by Gasteiger charge is 2.62. The van der Waals surface area contributed by atoms with Crippen LogP contribution >= 0.6 is 11.6 Å². The first-order chi connectivity index (χ1) is 17.7. The molecule has 2 aromatic rings. The van der Waals surface area contributed by atoms with Crippen molar-refractivity contribution in [1.29, 1.82) is 0 Å². The lowest BCUT2D eigenvalue weighted by molar-refractivity contribution is -0.276. The van der Waals surface area contributed by atoms with Crippen molar-refractivity contribution in [3.05, 3.63) is 68.7 Å². The van der Waals surface area contributed by atoms with Gasteiger partial charge < -0.3 is 15.9 Å². The molecule has 1 atom stereocenters. The van der Waals surface area contributed by atoms with Gasteiger partial charge in [0, 0.05) is 28.1 Å². The van der Waals surface area contributed by atoms with E-state index in [0.717, 1.165) is 12.1 Å². The van der Waals surface area contributed by atoms with E-state index in [9.17, 15) is 49.1 Å². The molecule has 0 aliphatic carbocycles. The standard InChI is InChI=1S/C23H17ClF9N3O3/c1-10-14(19(34)38)2-3-15(16(10)7-18(37)35-9-21(25,26)27)17-8-20(39-36-17,23(31,32)33)11-4-12(22(28,29)30)6-13(24)5-11/h2-6H,7-9H2,1H3,(H2,34,38)(H,35,37). The van der Waals surface area contributed by atoms with Crippen LogP contribution in [0.1, 0.15) is 44.6 Å². The van der Waals surface area contributed by atoms with Gasteiger partial charge in [-0.1, -0.05) is 22.8 Å². The number of benzene rings is 2. The Balaban J connectivity index is 2.09. The molecule has 1 aliphatic rings. The number of nitrogens with one attached hydrogen (secondary N) is 1. The third kappa shape index (κ3) is 6.40. The third-order valence-corrected chi connectivity index (χ3v) is 6.09. The number of oxime groups is 1. The summed E-state index contributed by atoms with van der Waals surface area (Å²) in [5.74, 6) is -2.19. The number of alkyl halides is 9. The number of hydrogen-bond donors (Lipinski definition) is 2. The zero-order valence-corrected chi connectivity index (χ0v) is 20.3. The van der Waals surface area contributed by atoms with Crippen LogP contribution in [-0.4, -0.2) is 36.4 Å². The molecule has 0 fully saturated rings. The molecule has 6 nitrogen and oxygen atoms in total. The fraction of sp³-hybridized carbons (Fsp3) is 0.348. The van der Waals surface area contributed by atoms with Crippen LogP contribution < -0.4 is 11.1 Å². The van der Waals surface area contributed by atoms with Crippen molar-refractivity contribution < 1.29 is 53.9 Å². The molecule has 0 saturated heterocycles. The molecule has 16 heteroatoms. The molecule has 3 rings (SSSR count). The molecular weight excluding hydrogens is 573 g/mol. The molecule has 0 saturated carbocycles. The third-order valence-electron chi connectivity index (χ3n) is 5.88. The summed E-state index contributed by atoms with van der Waals surface area (Å²) in [5.41, 5.74) is -1.76. The zero-order valence-electron chi connectivity index (χ0n) is 19.5. The molecule has 0 bridgehead atoms. The Morgan fingerprint density at radius 2 is 1.72 bits per heavy atom. The van der Waals surface area contributed by atoms with Crippen molar-refractivity contribution in [2.75, 3.05) is 6.54 Å². The van der Waals surface area contributed by atoms with Gasteiger partial charge in [-0.25, -0.2) is 0 Å². The lowest BCUT2D eigenvalue weighted by atomic mass is 9.83. The number of nitrogens with zero attached hydrogens (tertiary/aromatic N) is 1. The van der Waals surface area contributed by atoms with Crippen molar-refractivity contribution in [3.63, 3.8) is 0 Å². The molecule has 212 valence electrons. The van der Waals surface area contributed by atoms with E-state index in [0.29, 0.717) is 12.1 Å². The average Bonchev–Trinajstić information content (AvgIpc) is 3.24. The number of nitrogens with two attached hydrogens (primary N) is 1. The predicted octanol–water partition coefficient (Wildman–Crippen LogP) is 5.57. The largest absolute Gasteiger partial charge is 0.435 e. The van der Waals surface area contributed by atoms with Gasteiger partial charge in [-0.3, -0.25) is 9.59 Å². The highest BCUT2D eigenvalue weighted by Crippen LogP contribution is 2.50. The van der Waals surface area contributed by atoms with Crippen molar-refractivity contribution in [3.8, 4) is 0 Å². The van der Waals surface area contributed by atoms with Crippen LogP contribution in [0.2, 0.25) is 5.02 Å². The van der Waals surface area contributed by atoms with E-state index >= 15 is 0 Å². The topological polar surface area (TPSA) is 93.8 Å². The smallest absolute Gasteiger partial charge is 0.374 e. The molecule has 3 N–H and O–H groups in total. The second-order valence-corrected chi connectivity index (χ2v) is 8.99. The maximum Gasteiger partial charge on any atom is 0.435 e. The first-order valence-corrected chi connectivity index (χ1v) is 11.1. The molecule has 39 heavy (non-hydrogen) atoms. The lowest BCUT2D eigenvalue weighted by Crippen LogP contribution is -2.43. The Bertz CT molecular complexity index is 1340. The van der Waals surface area contributed by atoms with Crippen LogP contribution in [0.25, 0.3) is 0 Å². The second kappa shape index (κ2) is 10.2. The van der Waals surface area contributed by atoms with Crippen LogP contribution in [0.4, 0.5) is 39.5 Å². The van der Waals surface area contributed by atoms with E-state index in [4.69, 9.17) is 22.2 Å². The summed E-state index contributed by atoms with van der Waals surface area (Å²) < 4.78 is 121. The van der Waals surface area contributed by atoms with Gasteiger partial charge in [0.2, 0.25) is 11.8 Å². The first kappa shape index (κ1) is 30.1. The summed E-state index contributed by atoms with van der Waals surface area (Å²) in [4.78, 5) is 28.8. The SMILES string of the molecule is Cc1c(C(N)=O)ccc(C2=NOC(c3cc(Cl)cc(C(F)(F)F)c3)(C(F)(F)F)C2)c1CC(=O)NCC(F)(F)F. The van der Waals surface area contributed by atoms with E-state index < -0.39 is 77.2 Å². The Morgan fingerprint density at radius 3 is 2.26 bits per heavy atom. The minimum absolute atomic E-state index is 0.0310. The Kier molecular flexibility index (Phi) is 7.89. The van der Waals surface area contributed by atoms with Crippen molar-refractivity contribution in [2.24, 2.45) is 10.9 Å². The van der Waals surface area contributed by atoms with Crippen LogP contribution in [-0.2, 0) is 27.8 Å². The Morgan fingerprint density at radius 1 is 1.08 bits per heavy atom. The van der Waals surface area contributed by atoms with Gasteiger partial charge in [-0.05, 0) is 42.3 Å². The fourth-order valence-corrected chi connectivity index (χ4v) is 4.21. The summed E-state index contributed by atoms with van der Waals surface area (Å²) in [6.07, 6.45) is -17.2. The summed E-state index contributed by atoms with van der Waals surface area (Å²) in [5, 5.41) is 4.38. The summed E-state index contributed by atoms with van der Waals surface area (Å²) in [7, 11) is 0. The number of carbonyl (C=O) groups is 2. The van der Waals surface area contributed by atoms with Gasteiger partial charge in [-0.15, -0.1) is 0 Å². The average molecular weight is 590 g/mol. The summed E-state index contributed by atoms with van der Waals surface area (Å²) >= 11 is 5.68. The summed E-state index contributed by atoms with van der Waals surface area (Å²) in [6.45, 7) is -0.441. The molecule has 1 heterocycles. The summed E-state index contributed by atoms with van der Waals surface area (Å²) in [6, 6.07) is 3.43. The maximum atomic E-state index is 14.4. The molecule has 1 aliphatic heterocycles. The normalized spacial score (nSPS) is 18.0. The van der Waals surface area contributed by atoms with Crippen LogP contribution in [0.15, 0.2) is 35.5 Å². The van der Waals surface area contributed by atoms with E-state index in [1.807, 2.05) is 0 Å². The quantitative estimate of drug-likeness (QED) is 0.432. The van der Waals surface area contributed by atoms with Gasteiger partial charge >= 0.3 is 18.5 Å². The van der Waals surface area contributed by atoms with Crippen LogP contribution in [0.3, 0.4) is 0 Å². The molecule has 0 spiro atoms. The van der Waals surface area contributed by atoms with Gasteiger partial charge in [0.1, 0.15) is 6.54 Å². The van der Waals surface area contributed by atoms with E-state index in [1.54, 1.807) is 5.32 Å². The highest BCUT2D eigenvalue weighted by atomic mass is 35.5. The number of amides is 2. The van der Waals surface area contributed by atoms with Crippen molar-refractivity contribution in [1.82, 2.24) is 5.32 Å². The van der Waals surface area contributed by atoms with E-state index in [1.165, 1.54) is 6.92 Å². The van der Waals surface area contributed by atoms with Crippen LogP contribution in [0.5, 0.6) is 0 Å². The Labute approximate surface area is 218 Å². The minimum atomic E-state index is -5.34. The van der Waals surface area contributed by atoms with Crippen molar-refractivity contribution in [2.45, 2.75) is 43.9 Å². The van der Waals surface area contributed by atoms with Gasteiger partial charge in [0.05, 0.1) is 17.7 Å². The number of rotatable bonds is 6. The molecule has 0 aromatic heterocycles. The monoisotopic (exact) mass is 589 g/mol. The van der Waals surface area contributed by atoms with Gasteiger partial charge in [-0.2, -0.15) is 39.5 Å². The molecule has 2 aromatic carbocycles. The molecule has 2 amide bonds. The Hall–Kier alpha value is -3.49. The number of carbonyl (C=O) groups excluding carboxylic acids is 2. The molecular formula is C23H17ClF9N3O3. The second-order valence-electron chi connectivity index (χ2n) is 8.55. The number of primary amides is 1. The first-order valence-electron chi connectivity index (χ1n) is 10.7. The molecule has 0 radical (unpaired) electrons. The number of hydrogen-bond acceptors (Lipinski definition) is 4. The van der Waals surface area contributed by atoms with Gasteiger partial charge in [0.15, 0.2) is 0 Å². The maximum absolute atomic E-state index is 14.4. The fourth-order valence-electron chi connectivity index (χ4n) is 3.98. The minimum Gasteiger partial charge on any atom is -0.374 e. The predicted molar refractivity (Wildman–Crippen MR) is 119 cm³/mol. The number of halogens is 10. The van der Waals surface area contributed by atoms with Crippen LogP contribution in [0, 0.1) is 6.92 Å². The molecule has 1 unspecified atom stereocenters. The van der Waals surface area contributed by atoms with E-state index in [-0.39, 0.29) is 28.3 Å². The highest BCUT2D eigenvalue weighted by molar-refractivity contribution is 6.30.